The van der Waals surface area contributed by atoms with E-state index in [1.807, 2.05) is 61.6 Å². The molecule has 2 aromatic carbocycles. The van der Waals surface area contributed by atoms with Crippen molar-refractivity contribution in [3.63, 3.8) is 0 Å². The zero-order chi connectivity index (χ0) is 20.8. The summed E-state index contributed by atoms with van der Waals surface area (Å²) in [6.45, 7) is 0. The van der Waals surface area contributed by atoms with E-state index < -0.39 is 11.8 Å². The van der Waals surface area contributed by atoms with E-state index in [1.165, 1.54) is 16.2 Å². The number of methoxy groups -OCH3 is 1. The molecular weight excluding hydrogens is 398 g/mol. The summed E-state index contributed by atoms with van der Waals surface area (Å²) < 4.78 is 5.28. The number of nitrogens with one attached hydrogen (secondary N) is 1. The number of hydrogen-bond acceptors (Lipinski definition) is 6. The molecule has 1 aliphatic carbocycles. The lowest BCUT2D eigenvalue weighted by Gasteiger charge is -2.30. The summed E-state index contributed by atoms with van der Waals surface area (Å²) in [5.41, 5.74) is 2.55. The summed E-state index contributed by atoms with van der Waals surface area (Å²) in [6, 6.07) is 16.9. The SMILES string of the molecule is CNc1nc2c(s1)[C@H]1C(=O)N(c3ccccc3)C(=O)[C@H]1[C@@H](c1ccc(OC)cc1)C2. The second-order valence-corrected chi connectivity index (χ2v) is 8.55. The summed E-state index contributed by atoms with van der Waals surface area (Å²) in [6.07, 6.45) is 0.628. The first-order valence-corrected chi connectivity index (χ1v) is 10.7. The number of anilines is 2. The maximum atomic E-state index is 13.6. The Bertz CT molecular complexity index is 1110. The van der Waals surface area contributed by atoms with Gasteiger partial charge in [0.1, 0.15) is 5.75 Å². The average Bonchev–Trinajstić information content (AvgIpc) is 3.32. The van der Waals surface area contributed by atoms with Gasteiger partial charge in [-0.15, -0.1) is 11.3 Å². The molecule has 2 aliphatic rings. The number of carbonyl (C=O) groups is 2. The van der Waals surface area contributed by atoms with Crippen LogP contribution in [-0.4, -0.2) is 31.0 Å². The zero-order valence-corrected chi connectivity index (χ0v) is 17.5. The molecule has 152 valence electrons. The largest absolute Gasteiger partial charge is 0.497 e. The Balaban J connectivity index is 1.63. The minimum Gasteiger partial charge on any atom is -0.497 e. The normalized spacial score (nSPS) is 22.6. The van der Waals surface area contributed by atoms with Crippen LogP contribution in [0.5, 0.6) is 5.75 Å². The number of benzene rings is 2. The van der Waals surface area contributed by atoms with Gasteiger partial charge in [0, 0.05) is 17.8 Å². The van der Waals surface area contributed by atoms with E-state index in [4.69, 9.17) is 9.72 Å². The molecule has 1 aromatic heterocycles. The molecule has 5 rings (SSSR count). The predicted molar refractivity (Wildman–Crippen MR) is 116 cm³/mol. The summed E-state index contributed by atoms with van der Waals surface area (Å²) in [7, 11) is 3.45. The van der Waals surface area contributed by atoms with E-state index in [0.717, 1.165) is 27.0 Å². The summed E-state index contributed by atoms with van der Waals surface area (Å²) >= 11 is 1.48. The molecule has 0 bridgehead atoms. The number of nitrogens with zero attached hydrogens (tertiary/aromatic N) is 2. The van der Waals surface area contributed by atoms with Crippen molar-refractivity contribution in [2.75, 3.05) is 24.4 Å². The quantitative estimate of drug-likeness (QED) is 0.651. The highest BCUT2D eigenvalue weighted by atomic mass is 32.1. The standard InChI is InChI=1S/C23H21N3O3S/c1-24-23-25-17-12-16(13-8-10-15(29-2)11-9-13)18-19(20(17)30-23)22(28)26(21(18)27)14-6-4-3-5-7-14/h3-11,16,18-19H,12H2,1-2H3,(H,24,25)/t16-,18+,19+/m1/s1. The molecular formula is C23H21N3O3S. The number of para-hydroxylation sites is 1. The molecule has 3 atom stereocenters. The lowest BCUT2D eigenvalue weighted by molar-refractivity contribution is -0.122. The first-order valence-electron chi connectivity index (χ1n) is 9.86. The van der Waals surface area contributed by atoms with E-state index >= 15 is 0 Å². The van der Waals surface area contributed by atoms with E-state index in [-0.39, 0.29) is 17.7 Å². The van der Waals surface area contributed by atoms with Crippen LogP contribution in [0.4, 0.5) is 10.8 Å². The molecule has 1 fully saturated rings. The molecule has 1 saturated heterocycles. The highest BCUT2D eigenvalue weighted by Gasteiger charge is 2.56. The van der Waals surface area contributed by atoms with Crippen LogP contribution in [-0.2, 0) is 16.0 Å². The van der Waals surface area contributed by atoms with Gasteiger partial charge in [0.05, 0.1) is 30.3 Å². The summed E-state index contributed by atoms with van der Waals surface area (Å²) in [5.74, 6) is -0.607. The third-order valence-electron chi connectivity index (χ3n) is 5.98. The van der Waals surface area contributed by atoms with Crippen LogP contribution in [0.1, 0.15) is 28.0 Å². The monoisotopic (exact) mass is 419 g/mol. The average molecular weight is 420 g/mol. The van der Waals surface area contributed by atoms with Gasteiger partial charge in [-0.1, -0.05) is 30.3 Å². The number of ether oxygens (including phenoxy) is 1. The van der Waals surface area contributed by atoms with Crippen molar-refractivity contribution in [2.24, 2.45) is 5.92 Å². The first-order chi connectivity index (χ1) is 14.6. The van der Waals surface area contributed by atoms with Crippen molar-refractivity contribution in [1.29, 1.82) is 0 Å². The molecule has 1 N–H and O–H groups in total. The summed E-state index contributed by atoms with van der Waals surface area (Å²) in [4.78, 5) is 34.1. The van der Waals surface area contributed by atoms with Crippen molar-refractivity contribution >= 4 is 34.0 Å². The van der Waals surface area contributed by atoms with E-state index in [9.17, 15) is 9.59 Å². The van der Waals surface area contributed by atoms with Crippen LogP contribution in [0.2, 0.25) is 0 Å². The highest BCUT2D eigenvalue weighted by Crippen LogP contribution is 2.52. The molecule has 2 heterocycles. The fourth-order valence-electron chi connectivity index (χ4n) is 4.58. The van der Waals surface area contributed by atoms with Gasteiger partial charge in [-0.2, -0.15) is 0 Å². The fourth-order valence-corrected chi connectivity index (χ4v) is 5.66. The number of imide groups is 1. The number of fused-ring (bicyclic) bond motifs is 3. The maximum Gasteiger partial charge on any atom is 0.243 e. The van der Waals surface area contributed by atoms with Crippen molar-refractivity contribution in [3.05, 3.63) is 70.7 Å². The van der Waals surface area contributed by atoms with Crippen molar-refractivity contribution in [3.8, 4) is 5.75 Å². The smallest absolute Gasteiger partial charge is 0.243 e. The Morgan fingerprint density at radius 2 is 1.80 bits per heavy atom. The Morgan fingerprint density at radius 3 is 2.47 bits per heavy atom. The molecule has 30 heavy (non-hydrogen) atoms. The number of amides is 2. The minimum absolute atomic E-state index is 0.120. The van der Waals surface area contributed by atoms with Crippen LogP contribution >= 0.6 is 11.3 Å². The summed E-state index contributed by atoms with van der Waals surface area (Å²) in [5, 5.41) is 3.85. The number of hydrogen-bond donors (Lipinski definition) is 1. The van der Waals surface area contributed by atoms with Gasteiger partial charge in [0.25, 0.3) is 0 Å². The Kier molecular flexibility index (Phi) is 4.55. The van der Waals surface area contributed by atoms with Gasteiger partial charge < -0.3 is 10.1 Å². The molecule has 0 radical (unpaired) electrons. The van der Waals surface area contributed by atoms with Crippen LogP contribution in [0.3, 0.4) is 0 Å². The predicted octanol–water partition coefficient (Wildman–Crippen LogP) is 3.81. The highest BCUT2D eigenvalue weighted by molar-refractivity contribution is 7.16. The first kappa shape index (κ1) is 18.8. The minimum atomic E-state index is -0.506. The van der Waals surface area contributed by atoms with Crippen LogP contribution < -0.4 is 15.0 Å². The molecule has 6 nitrogen and oxygen atoms in total. The molecule has 2 amide bonds. The number of thiazole rings is 1. The van der Waals surface area contributed by atoms with Crippen LogP contribution in [0.15, 0.2) is 54.6 Å². The van der Waals surface area contributed by atoms with E-state index in [1.54, 1.807) is 7.11 Å². The molecule has 0 saturated carbocycles. The molecule has 0 unspecified atom stereocenters. The molecule has 3 aromatic rings. The second-order valence-electron chi connectivity index (χ2n) is 7.51. The van der Waals surface area contributed by atoms with Gasteiger partial charge in [0.2, 0.25) is 11.8 Å². The zero-order valence-electron chi connectivity index (χ0n) is 16.7. The van der Waals surface area contributed by atoms with Crippen molar-refractivity contribution in [2.45, 2.75) is 18.3 Å². The van der Waals surface area contributed by atoms with Crippen molar-refractivity contribution in [1.82, 2.24) is 4.98 Å². The Morgan fingerprint density at radius 1 is 1.07 bits per heavy atom. The van der Waals surface area contributed by atoms with Gasteiger partial charge in [0.15, 0.2) is 5.13 Å². The van der Waals surface area contributed by atoms with Gasteiger partial charge in [-0.05, 0) is 36.2 Å². The van der Waals surface area contributed by atoms with Gasteiger partial charge >= 0.3 is 0 Å². The van der Waals surface area contributed by atoms with E-state index in [0.29, 0.717) is 12.1 Å². The molecule has 1 aliphatic heterocycles. The Hall–Kier alpha value is -3.19. The lowest BCUT2D eigenvalue weighted by Crippen LogP contribution is -2.32. The number of rotatable bonds is 4. The number of aromatic nitrogens is 1. The topological polar surface area (TPSA) is 71.5 Å². The van der Waals surface area contributed by atoms with Crippen LogP contribution in [0.25, 0.3) is 0 Å². The van der Waals surface area contributed by atoms with Crippen LogP contribution in [0, 0.1) is 5.92 Å². The second kappa shape index (κ2) is 7.25. The van der Waals surface area contributed by atoms with Crippen molar-refractivity contribution < 1.29 is 14.3 Å². The maximum absolute atomic E-state index is 13.6. The molecule has 0 spiro atoms. The molecule has 7 heteroatoms. The third-order valence-corrected chi connectivity index (χ3v) is 7.18. The third kappa shape index (κ3) is 2.81. The lowest BCUT2D eigenvalue weighted by atomic mass is 9.72. The Labute approximate surface area is 178 Å². The van der Waals surface area contributed by atoms with Gasteiger partial charge in [-0.3, -0.25) is 9.59 Å². The fraction of sp³-hybridized carbons (Fsp3) is 0.261. The van der Waals surface area contributed by atoms with Gasteiger partial charge in [-0.25, -0.2) is 9.88 Å². The number of carbonyl (C=O) groups excluding carboxylic acids is 2. The van der Waals surface area contributed by atoms with E-state index in [2.05, 4.69) is 5.32 Å².